The van der Waals surface area contributed by atoms with Crippen LogP contribution in [0.4, 0.5) is 5.69 Å². The van der Waals surface area contributed by atoms with Crippen molar-refractivity contribution < 1.29 is 8.98 Å². The number of aryl methyl sites for hydroxylation is 1. The summed E-state index contributed by atoms with van der Waals surface area (Å²) in [6, 6.07) is 15.9. The highest BCUT2D eigenvalue weighted by atomic mass is 16.4. The molecule has 0 saturated heterocycles. The van der Waals surface area contributed by atoms with Crippen LogP contribution in [0.2, 0.25) is 0 Å². The van der Waals surface area contributed by atoms with Gasteiger partial charge in [-0.3, -0.25) is 0 Å². The van der Waals surface area contributed by atoms with Gasteiger partial charge in [0.2, 0.25) is 0 Å². The van der Waals surface area contributed by atoms with Crippen molar-refractivity contribution in [2.45, 2.75) is 13.8 Å². The first-order valence-corrected chi connectivity index (χ1v) is 8.92. The monoisotopic (exact) mass is 348 g/mol. The first kappa shape index (κ1) is 16.4. The van der Waals surface area contributed by atoms with Gasteiger partial charge in [0.15, 0.2) is 16.6 Å². The van der Waals surface area contributed by atoms with E-state index >= 15 is 0 Å². The molecule has 4 rings (SSSR count). The summed E-state index contributed by atoms with van der Waals surface area (Å²) in [7, 11) is 1.95. The van der Waals surface area contributed by atoms with Crippen LogP contribution in [0.3, 0.4) is 0 Å². The van der Waals surface area contributed by atoms with E-state index in [9.17, 15) is 4.79 Å². The lowest BCUT2D eigenvalue weighted by Crippen LogP contribution is -2.30. The van der Waals surface area contributed by atoms with E-state index in [2.05, 4.69) is 29.8 Å². The lowest BCUT2D eigenvalue weighted by Gasteiger charge is -2.20. The van der Waals surface area contributed by atoms with E-state index in [0.29, 0.717) is 11.1 Å². The standard InChI is InChI=1S/C21H21N3O2/c1-4-24(5-2)15-11-10-14-12-16(21(25)26-19(14)13-15)20-22-17-8-6-7-9-18(17)23(20)3/h6-13H,4-5H2,1-3H3/p+1. The summed E-state index contributed by atoms with van der Waals surface area (Å²) in [6.07, 6.45) is 0. The summed E-state index contributed by atoms with van der Waals surface area (Å²) >= 11 is 0. The van der Waals surface area contributed by atoms with E-state index in [4.69, 9.17) is 4.42 Å². The molecule has 2 aromatic carbocycles. The molecule has 0 radical (unpaired) electrons. The second-order valence-electron chi connectivity index (χ2n) is 6.39. The fourth-order valence-electron chi connectivity index (χ4n) is 3.50. The predicted molar refractivity (Wildman–Crippen MR) is 105 cm³/mol. The number of anilines is 1. The minimum atomic E-state index is -0.337. The fraction of sp³-hybridized carbons (Fsp3) is 0.238. The molecule has 0 bridgehead atoms. The van der Waals surface area contributed by atoms with Gasteiger partial charge in [-0.1, -0.05) is 12.1 Å². The van der Waals surface area contributed by atoms with Crippen molar-refractivity contribution in [2.24, 2.45) is 7.05 Å². The summed E-state index contributed by atoms with van der Waals surface area (Å²) < 4.78 is 7.65. The normalized spacial score (nSPS) is 11.3. The number of nitrogens with zero attached hydrogens (tertiary/aromatic N) is 2. The van der Waals surface area contributed by atoms with Gasteiger partial charge in [0, 0.05) is 30.2 Å². The molecule has 0 aliphatic heterocycles. The molecule has 0 aliphatic carbocycles. The average molecular weight is 348 g/mol. The second-order valence-corrected chi connectivity index (χ2v) is 6.39. The number of rotatable bonds is 4. The van der Waals surface area contributed by atoms with E-state index in [1.807, 2.05) is 54.1 Å². The van der Waals surface area contributed by atoms with Crippen LogP contribution in [-0.2, 0) is 7.05 Å². The zero-order valence-electron chi connectivity index (χ0n) is 15.2. The number of H-pyrrole nitrogens is 1. The number of benzene rings is 2. The smallest absolute Gasteiger partial charge is 0.351 e. The molecule has 26 heavy (non-hydrogen) atoms. The van der Waals surface area contributed by atoms with Gasteiger partial charge in [0.25, 0.3) is 5.82 Å². The Labute approximate surface area is 151 Å². The quantitative estimate of drug-likeness (QED) is 0.453. The maximum absolute atomic E-state index is 12.7. The van der Waals surface area contributed by atoms with E-state index in [1.165, 1.54) is 0 Å². The Balaban J connectivity index is 1.88. The number of fused-ring (bicyclic) bond motifs is 2. The van der Waals surface area contributed by atoms with Gasteiger partial charge in [0.05, 0.1) is 7.05 Å². The van der Waals surface area contributed by atoms with Gasteiger partial charge in [-0.2, -0.15) is 0 Å². The zero-order valence-corrected chi connectivity index (χ0v) is 15.2. The molecule has 4 aromatic rings. The zero-order chi connectivity index (χ0) is 18.3. The van der Waals surface area contributed by atoms with Crippen molar-refractivity contribution in [2.75, 3.05) is 18.0 Å². The SMILES string of the molecule is CCN(CC)c1ccc2cc(-c3[nH]c4ccccc4[n+]3C)c(=O)oc2c1. The van der Waals surface area contributed by atoms with Crippen molar-refractivity contribution in [3.8, 4) is 11.4 Å². The number of imidazole rings is 1. The van der Waals surface area contributed by atoms with Gasteiger partial charge in [0.1, 0.15) is 5.58 Å². The van der Waals surface area contributed by atoms with Crippen LogP contribution in [-0.4, -0.2) is 18.1 Å². The van der Waals surface area contributed by atoms with Gasteiger partial charge in [-0.25, -0.2) is 14.3 Å². The van der Waals surface area contributed by atoms with Crippen molar-refractivity contribution >= 4 is 27.7 Å². The third-order valence-electron chi connectivity index (χ3n) is 4.96. The van der Waals surface area contributed by atoms with Crippen molar-refractivity contribution in [3.63, 3.8) is 0 Å². The van der Waals surface area contributed by atoms with Crippen LogP contribution < -0.4 is 15.1 Å². The first-order valence-electron chi connectivity index (χ1n) is 8.92. The summed E-state index contributed by atoms with van der Waals surface area (Å²) in [5.41, 5.74) is 3.90. The Kier molecular flexibility index (Phi) is 3.99. The molecular formula is C21H22N3O2+. The summed E-state index contributed by atoms with van der Waals surface area (Å²) in [5, 5.41) is 0.911. The van der Waals surface area contributed by atoms with E-state index in [0.717, 1.165) is 41.0 Å². The van der Waals surface area contributed by atoms with Crippen LogP contribution in [0.25, 0.3) is 33.4 Å². The van der Waals surface area contributed by atoms with Crippen molar-refractivity contribution in [3.05, 3.63) is 59.0 Å². The molecule has 0 fully saturated rings. The average Bonchev–Trinajstić information content (AvgIpc) is 2.99. The number of nitrogens with one attached hydrogen (secondary N) is 1. The molecule has 2 heterocycles. The molecule has 2 aromatic heterocycles. The Hall–Kier alpha value is -3.08. The van der Waals surface area contributed by atoms with Gasteiger partial charge in [-0.05, 0) is 44.2 Å². The third kappa shape index (κ3) is 2.56. The predicted octanol–water partition coefficient (Wildman–Crippen LogP) is 3.61. The minimum absolute atomic E-state index is 0.337. The Morgan fingerprint density at radius 2 is 1.85 bits per heavy atom. The Morgan fingerprint density at radius 1 is 1.08 bits per heavy atom. The van der Waals surface area contributed by atoms with Crippen LogP contribution >= 0.6 is 0 Å². The molecule has 0 spiro atoms. The maximum atomic E-state index is 12.7. The number of aromatic nitrogens is 2. The van der Waals surface area contributed by atoms with Gasteiger partial charge >= 0.3 is 5.63 Å². The Bertz CT molecular complexity index is 1150. The van der Waals surface area contributed by atoms with Gasteiger partial charge in [-0.15, -0.1) is 0 Å². The van der Waals surface area contributed by atoms with E-state index < -0.39 is 0 Å². The molecule has 0 atom stereocenters. The number of hydrogen-bond acceptors (Lipinski definition) is 3. The summed E-state index contributed by atoms with van der Waals surface area (Å²) in [4.78, 5) is 18.2. The third-order valence-corrected chi connectivity index (χ3v) is 4.96. The van der Waals surface area contributed by atoms with E-state index in [1.54, 1.807) is 0 Å². The fourth-order valence-corrected chi connectivity index (χ4v) is 3.50. The highest BCUT2D eigenvalue weighted by molar-refractivity contribution is 5.84. The molecule has 132 valence electrons. The molecule has 1 N–H and O–H groups in total. The summed E-state index contributed by atoms with van der Waals surface area (Å²) in [6.45, 7) is 6.05. The number of hydrogen-bond donors (Lipinski definition) is 1. The highest BCUT2D eigenvalue weighted by Crippen LogP contribution is 2.24. The molecular weight excluding hydrogens is 326 g/mol. The number of para-hydroxylation sites is 2. The molecule has 0 saturated carbocycles. The van der Waals surface area contributed by atoms with E-state index in [-0.39, 0.29) is 5.63 Å². The van der Waals surface area contributed by atoms with Crippen LogP contribution in [0, 0.1) is 0 Å². The maximum Gasteiger partial charge on any atom is 0.351 e. The molecule has 0 amide bonds. The highest BCUT2D eigenvalue weighted by Gasteiger charge is 2.21. The van der Waals surface area contributed by atoms with Crippen molar-refractivity contribution in [1.82, 2.24) is 4.98 Å². The molecule has 5 nitrogen and oxygen atoms in total. The lowest BCUT2D eigenvalue weighted by molar-refractivity contribution is -0.633. The summed E-state index contributed by atoms with van der Waals surface area (Å²) in [5.74, 6) is 0.745. The first-order chi connectivity index (χ1) is 12.6. The van der Waals surface area contributed by atoms with Crippen molar-refractivity contribution in [1.29, 1.82) is 0 Å². The topological polar surface area (TPSA) is 53.1 Å². The van der Waals surface area contributed by atoms with Crippen LogP contribution in [0.1, 0.15) is 13.8 Å². The van der Waals surface area contributed by atoms with Gasteiger partial charge < -0.3 is 9.32 Å². The Morgan fingerprint density at radius 3 is 2.58 bits per heavy atom. The molecule has 0 unspecified atom stereocenters. The van der Waals surface area contributed by atoms with Crippen LogP contribution in [0.15, 0.2) is 57.7 Å². The number of aromatic amines is 1. The van der Waals surface area contributed by atoms with Crippen LogP contribution in [0.5, 0.6) is 0 Å². The lowest BCUT2D eigenvalue weighted by atomic mass is 10.1. The largest absolute Gasteiger partial charge is 0.422 e. The molecule has 5 heteroatoms. The minimum Gasteiger partial charge on any atom is -0.422 e. The molecule has 0 aliphatic rings. The second kappa shape index (κ2) is 6.33.